The highest BCUT2D eigenvalue weighted by Gasteiger charge is 2.50. The number of halogens is 1. The predicted molar refractivity (Wildman–Crippen MR) is 121 cm³/mol. The number of likely N-dealkylation sites (tertiary alicyclic amines) is 1. The highest BCUT2D eigenvalue weighted by molar-refractivity contribution is 9.10. The van der Waals surface area contributed by atoms with E-state index in [1.807, 2.05) is 30.3 Å². The van der Waals surface area contributed by atoms with Crippen LogP contribution >= 0.6 is 15.9 Å². The number of methoxy groups -OCH3 is 2. The molecule has 6 heteroatoms. The molecule has 0 aromatic heterocycles. The third-order valence-corrected chi connectivity index (χ3v) is 7.25. The Bertz CT molecular complexity index is 934. The fraction of sp³-hybridized carbons (Fsp3) is 0.458. The van der Waals surface area contributed by atoms with Crippen LogP contribution in [0.1, 0.15) is 35.2 Å². The molecule has 3 atom stereocenters. The fourth-order valence-corrected chi connectivity index (χ4v) is 5.75. The van der Waals surface area contributed by atoms with Crippen LogP contribution < -0.4 is 14.8 Å². The zero-order valence-corrected chi connectivity index (χ0v) is 19.4. The molecule has 2 aromatic carbocycles. The molecule has 1 saturated heterocycles. The van der Waals surface area contributed by atoms with E-state index >= 15 is 0 Å². The van der Waals surface area contributed by atoms with Gasteiger partial charge in [-0.15, -0.1) is 0 Å². The summed E-state index contributed by atoms with van der Waals surface area (Å²) in [5.41, 5.74) is 2.10. The van der Waals surface area contributed by atoms with Gasteiger partial charge in [0.05, 0.1) is 14.2 Å². The van der Waals surface area contributed by atoms with Crippen molar-refractivity contribution in [3.05, 3.63) is 58.1 Å². The van der Waals surface area contributed by atoms with Gasteiger partial charge in [0.25, 0.3) is 5.91 Å². The molecule has 0 radical (unpaired) electrons. The molecule has 1 amide bonds. The van der Waals surface area contributed by atoms with Crippen LogP contribution in [0.3, 0.4) is 0 Å². The van der Waals surface area contributed by atoms with Gasteiger partial charge < -0.3 is 19.7 Å². The number of hydrogen-bond acceptors (Lipinski definition) is 4. The molecule has 1 saturated carbocycles. The molecule has 0 unspecified atom stereocenters. The Kier molecular flexibility index (Phi) is 6.07. The zero-order valence-electron chi connectivity index (χ0n) is 17.8. The van der Waals surface area contributed by atoms with E-state index in [0.717, 1.165) is 48.3 Å². The Labute approximate surface area is 186 Å². The van der Waals surface area contributed by atoms with E-state index in [1.54, 1.807) is 14.2 Å². The van der Waals surface area contributed by atoms with Crippen molar-refractivity contribution >= 4 is 21.8 Å². The average molecular weight is 473 g/mol. The number of likely N-dealkylation sites (N-methyl/N-ethyl adjacent to an activating group) is 1. The minimum Gasteiger partial charge on any atom is -0.493 e. The first-order valence-corrected chi connectivity index (χ1v) is 11.2. The Morgan fingerprint density at radius 3 is 2.70 bits per heavy atom. The maximum absolute atomic E-state index is 12.8. The molecule has 160 valence electrons. The monoisotopic (exact) mass is 472 g/mol. The second-order valence-corrected chi connectivity index (χ2v) is 9.49. The number of hydrogen-bond donors (Lipinski definition) is 1. The molecular formula is C24H29BrN2O3. The van der Waals surface area contributed by atoms with Crippen molar-refractivity contribution < 1.29 is 14.3 Å². The minimum absolute atomic E-state index is 0.00580. The first-order chi connectivity index (χ1) is 14.4. The summed E-state index contributed by atoms with van der Waals surface area (Å²) in [6, 6.07) is 14.1. The van der Waals surface area contributed by atoms with E-state index in [0.29, 0.717) is 11.5 Å². The van der Waals surface area contributed by atoms with Gasteiger partial charge >= 0.3 is 0 Å². The number of benzene rings is 2. The summed E-state index contributed by atoms with van der Waals surface area (Å²) in [4.78, 5) is 15.2. The van der Waals surface area contributed by atoms with Gasteiger partial charge in [-0.3, -0.25) is 4.79 Å². The first kappa shape index (κ1) is 21.2. The summed E-state index contributed by atoms with van der Waals surface area (Å²) in [6.07, 6.45) is 3.00. The molecule has 30 heavy (non-hydrogen) atoms. The zero-order chi connectivity index (χ0) is 21.3. The van der Waals surface area contributed by atoms with E-state index < -0.39 is 0 Å². The van der Waals surface area contributed by atoms with E-state index in [-0.39, 0.29) is 17.4 Å². The number of rotatable bonds is 5. The van der Waals surface area contributed by atoms with Crippen LogP contribution in [0, 0.1) is 5.92 Å². The smallest absolute Gasteiger partial charge is 0.251 e. The van der Waals surface area contributed by atoms with Crippen LogP contribution in [0.25, 0.3) is 0 Å². The lowest BCUT2D eigenvalue weighted by molar-refractivity contribution is 0.0904. The highest BCUT2D eigenvalue weighted by Crippen LogP contribution is 2.49. The topological polar surface area (TPSA) is 50.8 Å². The average Bonchev–Trinajstić information content (AvgIpc) is 3.09. The molecule has 2 aromatic rings. The number of fused-ring (bicyclic) bond motifs is 1. The Balaban J connectivity index is 1.54. The van der Waals surface area contributed by atoms with Crippen LogP contribution in [-0.4, -0.2) is 51.2 Å². The molecule has 1 aliphatic carbocycles. The van der Waals surface area contributed by atoms with Crippen molar-refractivity contribution in [2.45, 2.75) is 30.7 Å². The summed E-state index contributed by atoms with van der Waals surface area (Å²) in [7, 11) is 5.54. The lowest BCUT2D eigenvalue weighted by atomic mass is 9.63. The van der Waals surface area contributed by atoms with E-state index in [2.05, 4.69) is 45.3 Å². The molecule has 2 fully saturated rings. The summed E-state index contributed by atoms with van der Waals surface area (Å²) >= 11 is 3.45. The van der Waals surface area contributed by atoms with Crippen LogP contribution in [0.2, 0.25) is 0 Å². The molecule has 4 rings (SSSR count). The maximum atomic E-state index is 12.8. The Hall–Kier alpha value is -2.05. The number of ether oxygens (including phenoxy) is 2. The number of amides is 1. The van der Waals surface area contributed by atoms with Gasteiger partial charge in [-0.2, -0.15) is 0 Å². The molecule has 0 bridgehead atoms. The van der Waals surface area contributed by atoms with Crippen LogP contribution in [0.5, 0.6) is 11.5 Å². The lowest BCUT2D eigenvalue weighted by Crippen LogP contribution is -2.47. The Morgan fingerprint density at radius 1 is 1.17 bits per heavy atom. The van der Waals surface area contributed by atoms with Gasteiger partial charge in [0.1, 0.15) is 0 Å². The van der Waals surface area contributed by atoms with Gasteiger partial charge in [-0.25, -0.2) is 0 Å². The standard InChI is InChI=1S/C24H29BrN2O3/c1-27-14-18-12-20(26-23(28)16-5-4-6-19(25)11-16)9-10-24(18,15-27)17-7-8-21(29-2)22(13-17)30-3/h4-8,11,13,18,20H,9-10,12,14-15H2,1-3H3,(H,26,28)/t18-,20-,24+/m1/s1. The number of nitrogens with one attached hydrogen (secondary N) is 1. The fourth-order valence-electron chi connectivity index (χ4n) is 5.35. The molecule has 1 aliphatic heterocycles. The van der Waals surface area contributed by atoms with E-state index in [4.69, 9.17) is 9.47 Å². The largest absolute Gasteiger partial charge is 0.493 e. The summed E-state index contributed by atoms with van der Waals surface area (Å²) < 4.78 is 11.9. The minimum atomic E-state index is 0.00580. The molecule has 2 aliphatic rings. The normalized spacial score (nSPS) is 26.1. The van der Waals surface area contributed by atoms with Crippen molar-refractivity contribution in [1.29, 1.82) is 0 Å². The van der Waals surface area contributed by atoms with Crippen molar-refractivity contribution in [2.75, 3.05) is 34.4 Å². The first-order valence-electron chi connectivity index (χ1n) is 10.4. The summed E-state index contributed by atoms with van der Waals surface area (Å²) in [6.45, 7) is 2.07. The quantitative estimate of drug-likeness (QED) is 0.706. The number of nitrogens with zero attached hydrogens (tertiary/aromatic N) is 1. The summed E-state index contributed by atoms with van der Waals surface area (Å²) in [5, 5.41) is 3.28. The lowest BCUT2D eigenvalue weighted by Gasteiger charge is -2.43. The maximum Gasteiger partial charge on any atom is 0.251 e. The van der Waals surface area contributed by atoms with Crippen LogP contribution in [-0.2, 0) is 5.41 Å². The van der Waals surface area contributed by atoms with Crippen LogP contribution in [0.15, 0.2) is 46.9 Å². The number of carbonyl (C=O) groups is 1. The SMILES string of the molecule is COc1ccc([C@@]23CC[C@@H](NC(=O)c4cccc(Br)c4)C[C@@H]2CN(C)C3)cc1OC. The van der Waals surface area contributed by atoms with Gasteiger partial charge in [-0.1, -0.05) is 28.1 Å². The molecule has 1 heterocycles. The second kappa shape index (κ2) is 8.60. The van der Waals surface area contributed by atoms with Crippen LogP contribution in [0.4, 0.5) is 0 Å². The van der Waals surface area contributed by atoms with E-state index in [9.17, 15) is 4.79 Å². The predicted octanol–water partition coefficient (Wildman–Crippen LogP) is 4.25. The third-order valence-electron chi connectivity index (χ3n) is 6.75. The molecule has 5 nitrogen and oxygen atoms in total. The van der Waals surface area contributed by atoms with Crippen molar-refractivity contribution in [2.24, 2.45) is 5.92 Å². The summed E-state index contributed by atoms with van der Waals surface area (Å²) in [5.74, 6) is 2.03. The third kappa shape index (κ3) is 3.95. The molecule has 1 N–H and O–H groups in total. The van der Waals surface area contributed by atoms with Crippen molar-refractivity contribution in [3.63, 3.8) is 0 Å². The van der Waals surface area contributed by atoms with Gasteiger partial charge in [0, 0.05) is 34.6 Å². The van der Waals surface area contributed by atoms with Gasteiger partial charge in [-0.05, 0) is 68.1 Å². The van der Waals surface area contributed by atoms with Gasteiger partial charge in [0.2, 0.25) is 0 Å². The van der Waals surface area contributed by atoms with E-state index in [1.165, 1.54) is 5.56 Å². The molecule has 0 spiro atoms. The Morgan fingerprint density at radius 2 is 1.97 bits per heavy atom. The second-order valence-electron chi connectivity index (χ2n) is 8.57. The highest BCUT2D eigenvalue weighted by atomic mass is 79.9. The van der Waals surface area contributed by atoms with Crippen molar-refractivity contribution in [3.8, 4) is 11.5 Å². The molecular weight excluding hydrogens is 444 g/mol. The van der Waals surface area contributed by atoms with Gasteiger partial charge in [0.15, 0.2) is 11.5 Å². The number of carbonyl (C=O) groups excluding carboxylic acids is 1. The van der Waals surface area contributed by atoms with Crippen molar-refractivity contribution in [1.82, 2.24) is 10.2 Å².